The van der Waals surface area contributed by atoms with E-state index in [1.165, 1.54) is 6.07 Å². The van der Waals surface area contributed by atoms with Crippen molar-refractivity contribution in [3.8, 4) is 11.5 Å². The summed E-state index contributed by atoms with van der Waals surface area (Å²) >= 11 is 0. The van der Waals surface area contributed by atoms with Gasteiger partial charge >= 0.3 is 0 Å². The van der Waals surface area contributed by atoms with Crippen molar-refractivity contribution in [2.45, 2.75) is 32.3 Å². The van der Waals surface area contributed by atoms with Crippen molar-refractivity contribution in [3.05, 3.63) is 58.9 Å². The molecule has 0 spiro atoms. The maximum atomic E-state index is 13.4. The van der Waals surface area contributed by atoms with Crippen molar-refractivity contribution in [2.75, 3.05) is 7.11 Å². The Hall–Kier alpha value is -2.03. The third-order valence-electron chi connectivity index (χ3n) is 3.95. The highest BCUT2D eigenvalue weighted by molar-refractivity contribution is 5.42. The minimum Gasteiger partial charge on any atom is -0.496 e. The van der Waals surface area contributed by atoms with Gasteiger partial charge in [0.15, 0.2) is 0 Å². The Morgan fingerprint density at radius 2 is 1.95 bits per heavy atom. The summed E-state index contributed by atoms with van der Waals surface area (Å²) in [6, 6.07) is 10.7. The van der Waals surface area contributed by atoms with Crippen molar-refractivity contribution in [3.63, 3.8) is 0 Å². The summed E-state index contributed by atoms with van der Waals surface area (Å²) in [6.07, 6.45) is 2.24. The number of hydrogen-bond donors (Lipinski definition) is 0. The summed E-state index contributed by atoms with van der Waals surface area (Å²) in [5.41, 5.74) is 3.15. The van der Waals surface area contributed by atoms with E-state index < -0.39 is 0 Å². The van der Waals surface area contributed by atoms with Crippen molar-refractivity contribution in [1.82, 2.24) is 0 Å². The molecule has 0 aliphatic heterocycles. The third kappa shape index (κ3) is 3.02. The zero-order valence-corrected chi connectivity index (χ0v) is 12.4. The van der Waals surface area contributed by atoms with E-state index >= 15 is 0 Å². The maximum Gasteiger partial charge on any atom is 0.125 e. The van der Waals surface area contributed by atoms with Gasteiger partial charge in [0.1, 0.15) is 23.9 Å². The van der Waals surface area contributed by atoms with Crippen LogP contribution in [0.5, 0.6) is 11.5 Å². The van der Waals surface area contributed by atoms with Gasteiger partial charge in [0.05, 0.1) is 7.11 Å². The first-order chi connectivity index (χ1) is 10.2. The van der Waals surface area contributed by atoms with E-state index in [0.717, 1.165) is 41.0 Å². The van der Waals surface area contributed by atoms with Gasteiger partial charge in [0.25, 0.3) is 0 Å². The van der Waals surface area contributed by atoms with Crippen LogP contribution in [0.1, 0.15) is 35.4 Å². The fourth-order valence-corrected chi connectivity index (χ4v) is 2.57. The van der Waals surface area contributed by atoms with Gasteiger partial charge in [0.2, 0.25) is 0 Å². The lowest BCUT2D eigenvalue weighted by Crippen LogP contribution is -2.03. The van der Waals surface area contributed by atoms with Gasteiger partial charge < -0.3 is 9.47 Å². The van der Waals surface area contributed by atoms with Crippen LogP contribution in [0.25, 0.3) is 0 Å². The highest BCUT2D eigenvalue weighted by Crippen LogP contribution is 2.44. The molecular formula is C18H19FO2. The van der Waals surface area contributed by atoms with Crippen LogP contribution in [0.4, 0.5) is 4.39 Å². The lowest BCUT2D eigenvalue weighted by atomic mass is 10.1. The topological polar surface area (TPSA) is 18.5 Å². The van der Waals surface area contributed by atoms with Crippen LogP contribution in [-0.2, 0) is 6.61 Å². The zero-order valence-electron chi connectivity index (χ0n) is 12.4. The molecule has 3 rings (SSSR count). The standard InChI is InChI=1S/C18H19FO2/c1-12-4-3-5-17(20-2)16(12)11-21-18-9-8-14(19)10-15(18)13-6-7-13/h3-5,8-10,13H,6-7,11H2,1-2H3. The molecule has 3 heteroatoms. The molecule has 1 saturated carbocycles. The third-order valence-corrected chi connectivity index (χ3v) is 3.95. The molecule has 0 atom stereocenters. The zero-order chi connectivity index (χ0) is 14.8. The lowest BCUT2D eigenvalue weighted by molar-refractivity contribution is 0.292. The Balaban J connectivity index is 1.82. The monoisotopic (exact) mass is 286 g/mol. The van der Waals surface area contributed by atoms with Gasteiger partial charge in [-0.05, 0) is 55.5 Å². The Bertz CT molecular complexity index is 648. The van der Waals surface area contributed by atoms with E-state index in [-0.39, 0.29) is 5.82 Å². The Kier molecular flexibility index (Phi) is 3.82. The van der Waals surface area contributed by atoms with E-state index in [9.17, 15) is 4.39 Å². The van der Waals surface area contributed by atoms with Crippen molar-refractivity contribution >= 4 is 0 Å². The maximum absolute atomic E-state index is 13.4. The van der Waals surface area contributed by atoms with E-state index in [1.807, 2.05) is 25.1 Å². The summed E-state index contributed by atoms with van der Waals surface area (Å²) in [6.45, 7) is 2.47. The number of rotatable bonds is 5. The van der Waals surface area contributed by atoms with Crippen molar-refractivity contribution in [1.29, 1.82) is 0 Å². The second kappa shape index (κ2) is 5.76. The van der Waals surface area contributed by atoms with Gasteiger partial charge in [-0.1, -0.05) is 12.1 Å². The fourth-order valence-electron chi connectivity index (χ4n) is 2.57. The van der Waals surface area contributed by atoms with Gasteiger partial charge in [0, 0.05) is 11.1 Å². The van der Waals surface area contributed by atoms with Crippen LogP contribution in [-0.4, -0.2) is 7.11 Å². The summed E-state index contributed by atoms with van der Waals surface area (Å²) in [7, 11) is 1.66. The van der Waals surface area contributed by atoms with Crippen LogP contribution in [0.3, 0.4) is 0 Å². The number of ether oxygens (including phenoxy) is 2. The largest absolute Gasteiger partial charge is 0.496 e. The van der Waals surface area contributed by atoms with Gasteiger partial charge in [-0.15, -0.1) is 0 Å². The molecule has 1 aliphatic carbocycles. The first-order valence-corrected chi connectivity index (χ1v) is 7.23. The van der Waals surface area contributed by atoms with Crippen LogP contribution < -0.4 is 9.47 Å². The van der Waals surface area contributed by atoms with Crippen LogP contribution in [0, 0.1) is 12.7 Å². The molecule has 0 unspecified atom stereocenters. The average Bonchev–Trinajstić information content (AvgIpc) is 3.31. The highest BCUT2D eigenvalue weighted by atomic mass is 19.1. The number of methoxy groups -OCH3 is 1. The van der Waals surface area contributed by atoms with Crippen molar-refractivity contribution < 1.29 is 13.9 Å². The second-order valence-corrected chi connectivity index (χ2v) is 5.50. The molecule has 0 heterocycles. The van der Waals surface area contributed by atoms with E-state index in [0.29, 0.717) is 12.5 Å². The average molecular weight is 286 g/mol. The molecule has 1 fully saturated rings. The van der Waals surface area contributed by atoms with Gasteiger partial charge in [-0.25, -0.2) is 4.39 Å². The summed E-state index contributed by atoms with van der Waals surface area (Å²) in [4.78, 5) is 0. The second-order valence-electron chi connectivity index (χ2n) is 5.50. The quantitative estimate of drug-likeness (QED) is 0.799. The van der Waals surface area contributed by atoms with E-state index in [2.05, 4.69) is 0 Å². The Morgan fingerprint density at radius 3 is 2.67 bits per heavy atom. The van der Waals surface area contributed by atoms with Crippen LogP contribution in [0.15, 0.2) is 36.4 Å². The van der Waals surface area contributed by atoms with Gasteiger partial charge in [-0.2, -0.15) is 0 Å². The molecule has 2 nitrogen and oxygen atoms in total. The summed E-state index contributed by atoms with van der Waals surface area (Å²) in [5, 5.41) is 0. The number of halogens is 1. The molecule has 0 saturated heterocycles. The molecule has 0 bridgehead atoms. The Labute approximate surface area is 124 Å². The predicted molar refractivity (Wildman–Crippen MR) is 80.4 cm³/mol. The fraction of sp³-hybridized carbons (Fsp3) is 0.333. The molecule has 1 aliphatic rings. The molecule has 0 aromatic heterocycles. The first kappa shape index (κ1) is 13.9. The van der Waals surface area contributed by atoms with Crippen LogP contribution >= 0.6 is 0 Å². The summed E-state index contributed by atoms with van der Waals surface area (Å²) < 4.78 is 24.7. The van der Waals surface area contributed by atoms with Gasteiger partial charge in [-0.3, -0.25) is 0 Å². The molecule has 0 amide bonds. The van der Waals surface area contributed by atoms with E-state index in [4.69, 9.17) is 9.47 Å². The number of aryl methyl sites for hydroxylation is 1. The summed E-state index contributed by atoms with van der Waals surface area (Å²) in [5.74, 6) is 1.86. The first-order valence-electron chi connectivity index (χ1n) is 7.23. The lowest BCUT2D eigenvalue weighted by Gasteiger charge is -2.15. The smallest absolute Gasteiger partial charge is 0.125 e. The van der Waals surface area contributed by atoms with Crippen molar-refractivity contribution in [2.24, 2.45) is 0 Å². The van der Waals surface area contributed by atoms with Crippen LogP contribution in [0.2, 0.25) is 0 Å². The SMILES string of the molecule is COc1cccc(C)c1COc1ccc(F)cc1C1CC1. The molecular weight excluding hydrogens is 267 g/mol. The number of benzene rings is 2. The highest BCUT2D eigenvalue weighted by Gasteiger charge is 2.27. The predicted octanol–water partition coefficient (Wildman–Crippen LogP) is 4.60. The molecule has 2 aromatic carbocycles. The minimum absolute atomic E-state index is 0.197. The minimum atomic E-state index is -0.197. The number of hydrogen-bond acceptors (Lipinski definition) is 2. The normalized spacial score (nSPS) is 14.0. The molecule has 0 N–H and O–H groups in total. The molecule has 2 aromatic rings. The molecule has 110 valence electrons. The Morgan fingerprint density at radius 1 is 1.14 bits per heavy atom. The molecule has 21 heavy (non-hydrogen) atoms. The van der Waals surface area contributed by atoms with E-state index in [1.54, 1.807) is 19.2 Å². The molecule has 0 radical (unpaired) electrons.